The molecule has 17 heavy (non-hydrogen) atoms. The number of hydrogen-bond acceptors (Lipinski definition) is 3. The van der Waals surface area contributed by atoms with Crippen molar-refractivity contribution in [3.63, 3.8) is 0 Å². The first kappa shape index (κ1) is 16.9. The van der Waals surface area contributed by atoms with E-state index in [9.17, 15) is 5.11 Å². The summed E-state index contributed by atoms with van der Waals surface area (Å²) in [5.41, 5.74) is 5.57. The van der Waals surface area contributed by atoms with Gasteiger partial charge in [0.2, 0.25) is 0 Å². The summed E-state index contributed by atoms with van der Waals surface area (Å²) in [4.78, 5) is 2.50. The molecule has 0 amide bonds. The van der Waals surface area contributed by atoms with E-state index in [1.165, 1.54) is 19.3 Å². The van der Waals surface area contributed by atoms with Crippen LogP contribution in [0.4, 0.5) is 0 Å². The van der Waals surface area contributed by atoms with E-state index in [1.54, 1.807) is 0 Å². The molecule has 0 aliphatic rings. The second-order valence-corrected chi connectivity index (χ2v) is 5.90. The molecule has 0 fully saturated rings. The third kappa shape index (κ3) is 7.02. The van der Waals surface area contributed by atoms with Gasteiger partial charge in [-0.15, -0.1) is 0 Å². The molecule has 104 valence electrons. The van der Waals surface area contributed by atoms with Crippen molar-refractivity contribution in [3.05, 3.63) is 0 Å². The molecule has 0 rings (SSSR count). The first-order valence-corrected chi connectivity index (χ1v) is 6.99. The van der Waals surface area contributed by atoms with Crippen LogP contribution in [-0.4, -0.2) is 40.8 Å². The highest BCUT2D eigenvalue weighted by molar-refractivity contribution is 4.84. The van der Waals surface area contributed by atoms with Crippen molar-refractivity contribution in [2.75, 3.05) is 13.2 Å². The fraction of sp³-hybridized carbons (Fsp3) is 1.00. The molecule has 0 aliphatic heterocycles. The minimum Gasteiger partial charge on any atom is -0.394 e. The smallest absolute Gasteiger partial charge is 0.0609 e. The molecule has 0 saturated carbocycles. The summed E-state index contributed by atoms with van der Waals surface area (Å²) >= 11 is 0. The number of unbranched alkanes of at least 4 members (excludes halogenated alkanes) is 2. The highest BCUT2D eigenvalue weighted by Crippen LogP contribution is 2.16. The van der Waals surface area contributed by atoms with Gasteiger partial charge in [0.25, 0.3) is 0 Å². The van der Waals surface area contributed by atoms with E-state index in [0.717, 1.165) is 13.0 Å². The van der Waals surface area contributed by atoms with Crippen LogP contribution in [-0.2, 0) is 0 Å². The Morgan fingerprint density at radius 3 is 2.24 bits per heavy atom. The normalized spacial score (nSPS) is 17.5. The van der Waals surface area contributed by atoms with Crippen molar-refractivity contribution in [3.8, 4) is 0 Å². The molecule has 3 N–H and O–H groups in total. The quantitative estimate of drug-likeness (QED) is 0.612. The van der Waals surface area contributed by atoms with Gasteiger partial charge in [-0.05, 0) is 47.1 Å². The lowest BCUT2D eigenvalue weighted by Crippen LogP contribution is -2.49. The number of aliphatic hydroxyl groups excluding tert-OH is 1. The lowest BCUT2D eigenvalue weighted by Gasteiger charge is -2.36. The molecule has 0 aromatic carbocycles. The summed E-state index contributed by atoms with van der Waals surface area (Å²) in [5.74, 6) is 0. The predicted molar refractivity (Wildman–Crippen MR) is 75.1 cm³/mol. The second kappa shape index (κ2) is 8.06. The van der Waals surface area contributed by atoms with E-state index in [1.807, 2.05) is 6.92 Å². The van der Waals surface area contributed by atoms with Gasteiger partial charge in [0.05, 0.1) is 6.61 Å². The highest BCUT2D eigenvalue weighted by Gasteiger charge is 2.25. The van der Waals surface area contributed by atoms with E-state index in [4.69, 9.17) is 5.73 Å². The van der Waals surface area contributed by atoms with Crippen LogP contribution in [0.5, 0.6) is 0 Å². The van der Waals surface area contributed by atoms with Crippen molar-refractivity contribution < 1.29 is 5.11 Å². The van der Waals surface area contributed by atoms with Crippen LogP contribution in [0.1, 0.15) is 60.3 Å². The Balaban J connectivity index is 4.28. The fourth-order valence-electron chi connectivity index (χ4n) is 2.39. The van der Waals surface area contributed by atoms with E-state index >= 15 is 0 Å². The number of hydrogen-bond donors (Lipinski definition) is 2. The second-order valence-electron chi connectivity index (χ2n) is 5.90. The van der Waals surface area contributed by atoms with Crippen molar-refractivity contribution in [1.82, 2.24) is 4.90 Å². The Morgan fingerprint density at radius 1 is 1.24 bits per heavy atom. The van der Waals surface area contributed by atoms with Crippen LogP contribution in [0.15, 0.2) is 0 Å². The molecule has 3 nitrogen and oxygen atoms in total. The molecular weight excluding hydrogens is 212 g/mol. The Kier molecular flexibility index (Phi) is 8.01. The van der Waals surface area contributed by atoms with Gasteiger partial charge in [-0.3, -0.25) is 4.90 Å². The predicted octanol–water partition coefficient (Wildman–Crippen LogP) is 2.38. The van der Waals surface area contributed by atoms with Crippen LogP contribution < -0.4 is 5.73 Å². The van der Waals surface area contributed by atoms with Crippen LogP contribution in [0, 0.1) is 0 Å². The van der Waals surface area contributed by atoms with E-state index < -0.39 is 5.54 Å². The number of rotatable bonds is 9. The zero-order chi connectivity index (χ0) is 13.5. The van der Waals surface area contributed by atoms with Crippen molar-refractivity contribution in [2.45, 2.75) is 77.9 Å². The average molecular weight is 244 g/mol. The van der Waals surface area contributed by atoms with Crippen LogP contribution in [0.3, 0.4) is 0 Å². The summed E-state index contributed by atoms with van der Waals surface area (Å²) in [6, 6.07) is 0.963. The first-order chi connectivity index (χ1) is 7.84. The zero-order valence-corrected chi connectivity index (χ0v) is 12.4. The lowest BCUT2D eigenvalue weighted by atomic mass is 9.94. The van der Waals surface area contributed by atoms with Crippen molar-refractivity contribution >= 4 is 0 Å². The maximum atomic E-state index is 9.23. The Morgan fingerprint density at radius 2 is 1.82 bits per heavy atom. The largest absolute Gasteiger partial charge is 0.394 e. The number of aliphatic hydroxyl groups is 1. The third-order valence-electron chi connectivity index (χ3n) is 3.37. The molecule has 2 unspecified atom stereocenters. The highest BCUT2D eigenvalue weighted by atomic mass is 16.3. The fourth-order valence-corrected chi connectivity index (χ4v) is 2.39. The van der Waals surface area contributed by atoms with Gasteiger partial charge in [0, 0.05) is 17.6 Å². The van der Waals surface area contributed by atoms with Crippen LogP contribution >= 0.6 is 0 Å². The van der Waals surface area contributed by atoms with E-state index in [-0.39, 0.29) is 6.61 Å². The minimum atomic E-state index is -0.461. The zero-order valence-electron chi connectivity index (χ0n) is 12.4. The van der Waals surface area contributed by atoms with Crippen molar-refractivity contribution in [2.24, 2.45) is 5.73 Å². The molecule has 0 spiro atoms. The molecule has 2 atom stereocenters. The minimum absolute atomic E-state index is 0.0538. The monoisotopic (exact) mass is 244 g/mol. The van der Waals surface area contributed by atoms with Gasteiger partial charge in [-0.2, -0.15) is 0 Å². The third-order valence-corrected chi connectivity index (χ3v) is 3.37. The van der Waals surface area contributed by atoms with Gasteiger partial charge in [0.15, 0.2) is 0 Å². The van der Waals surface area contributed by atoms with Gasteiger partial charge >= 0.3 is 0 Å². The summed E-state index contributed by atoms with van der Waals surface area (Å²) in [6.45, 7) is 12.0. The lowest BCUT2D eigenvalue weighted by molar-refractivity contribution is 0.112. The van der Waals surface area contributed by atoms with E-state index in [2.05, 4.69) is 32.6 Å². The number of nitrogens with zero attached hydrogens (tertiary/aromatic N) is 1. The Bertz CT molecular complexity index is 193. The van der Waals surface area contributed by atoms with Gasteiger partial charge in [-0.1, -0.05) is 19.8 Å². The Labute approximate surface area is 107 Å². The molecular formula is C14H32N2O. The van der Waals surface area contributed by atoms with Gasteiger partial charge in [-0.25, -0.2) is 0 Å². The van der Waals surface area contributed by atoms with Gasteiger partial charge in [0.1, 0.15) is 0 Å². The molecule has 0 aliphatic carbocycles. The standard InChI is InChI=1S/C14H32N2O/c1-6-7-8-9-16(12(2)3)13(4)10-14(5,15)11-17/h12-13,17H,6-11,15H2,1-5H3. The summed E-state index contributed by atoms with van der Waals surface area (Å²) < 4.78 is 0. The average Bonchev–Trinajstić information content (AvgIpc) is 2.23. The first-order valence-electron chi connectivity index (χ1n) is 6.99. The summed E-state index contributed by atoms with van der Waals surface area (Å²) in [7, 11) is 0. The summed E-state index contributed by atoms with van der Waals surface area (Å²) in [6.07, 6.45) is 4.63. The van der Waals surface area contributed by atoms with E-state index in [0.29, 0.717) is 12.1 Å². The maximum Gasteiger partial charge on any atom is 0.0609 e. The van der Waals surface area contributed by atoms with Gasteiger partial charge < -0.3 is 10.8 Å². The topological polar surface area (TPSA) is 49.5 Å². The molecule has 0 heterocycles. The maximum absolute atomic E-state index is 9.23. The molecule has 0 saturated heterocycles. The van der Waals surface area contributed by atoms with Crippen LogP contribution in [0.2, 0.25) is 0 Å². The SMILES string of the molecule is CCCCCN(C(C)C)C(C)CC(C)(N)CO. The summed E-state index contributed by atoms with van der Waals surface area (Å²) in [5, 5.41) is 9.23. The van der Waals surface area contributed by atoms with Crippen molar-refractivity contribution in [1.29, 1.82) is 0 Å². The molecule has 0 bridgehead atoms. The number of nitrogens with two attached hydrogens (primary N) is 1. The molecule has 3 heteroatoms. The van der Waals surface area contributed by atoms with Crippen LogP contribution in [0.25, 0.3) is 0 Å². The molecule has 0 radical (unpaired) electrons. The molecule has 0 aromatic heterocycles. The Hall–Kier alpha value is -0.120. The molecule has 0 aromatic rings.